The molecule has 0 saturated carbocycles. The van der Waals surface area contributed by atoms with Crippen molar-refractivity contribution >= 4 is 40.4 Å². The van der Waals surface area contributed by atoms with Crippen molar-refractivity contribution in [1.29, 1.82) is 0 Å². The number of hydrogen-bond acceptors (Lipinski definition) is 3. The first-order chi connectivity index (χ1) is 12.4. The summed E-state index contributed by atoms with van der Waals surface area (Å²) in [6, 6.07) is 11.1. The molecule has 138 valence electrons. The maximum atomic E-state index is 12.8. The maximum Gasteiger partial charge on any atom is 0.247 e. The van der Waals surface area contributed by atoms with Crippen molar-refractivity contribution in [2.24, 2.45) is 5.92 Å². The molecule has 0 fully saturated rings. The summed E-state index contributed by atoms with van der Waals surface area (Å²) in [6.45, 7) is 8.88. The number of carbonyl (C=O) groups is 2. The highest BCUT2D eigenvalue weighted by atomic mass is 35.5. The number of rotatable bonds is 8. The number of carbonyl (C=O) groups excluding carboxylic acids is 2. The van der Waals surface area contributed by atoms with Gasteiger partial charge in [-0.3, -0.25) is 9.59 Å². The number of nitrogens with one attached hydrogen (secondary N) is 1. The highest BCUT2D eigenvalue weighted by molar-refractivity contribution is 7.16. The summed E-state index contributed by atoms with van der Waals surface area (Å²) in [7, 11) is 0. The summed E-state index contributed by atoms with van der Waals surface area (Å²) in [6.07, 6.45) is 1.54. The Morgan fingerprint density at radius 1 is 1.23 bits per heavy atom. The maximum absolute atomic E-state index is 12.8. The van der Waals surface area contributed by atoms with Crippen molar-refractivity contribution in [3.05, 3.63) is 63.8 Å². The number of amides is 2. The van der Waals surface area contributed by atoms with Crippen LogP contribution >= 0.6 is 22.9 Å². The minimum absolute atomic E-state index is 0.0751. The first-order valence-corrected chi connectivity index (χ1v) is 9.61. The molecule has 0 radical (unpaired) electrons. The van der Waals surface area contributed by atoms with Crippen LogP contribution in [0.5, 0.6) is 0 Å². The first kappa shape index (κ1) is 20.2. The largest absolute Gasteiger partial charge is 0.337 e. The molecule has 0 aliphatic carbocycles. The summed E-state index contributed by atoms with van der Waals surface area (Å²) in [5, 5.41) is 2.69. The van der Waals surface area contributed by atoms with Crippen molar-refractivity contribution in [2.45, 2.75) is 26.8 Å². The van der Waals surface area contributed by atoms with Crippen LogP contribution in [0, 0.1) is 5.92 Å². The van der Waals surface area contributed by atoms with Gasteiger partial charge in [0, 0.05) is 17.1 Å². The van der Waals surface area contributed by atoms with E-state index in [0.717, 1.165) is 14.8 Å². The zero-order valence-corrected chi connectivity index (χ0v) is 16.6. The Hall–Kier alpha value is -2.11. The Bertz CT molecular complexity index is 768. The number of hydrogen-bond donors (Lipinski definition) is 1. The van der Waals surface area contributed by atoms with Gasteiger partial charge in [0.25, 0.3) is 0 Å². The van der Waals surface area contributed by atoms with Crippen LogP contribution in [-0.2, 0) is 22.6 Å². The molecule has 0 aliphatic rings. The van der Waals surface area contributed by atoms with E-state index in [2.05, 4.69) is 25.7 Å². The van der Waals surface area contributed by atoms with E-state index < -0.39 is 0 Å². The van der Waals surface area contributed by atoms with E-state index in [1.165, 1.54) is 17.4 Å². The zero-order valence-electron chi connectivity index (χ0n) is 15.0. The van der Waals surface area contributed by atoms with Gasteiger partial charge in [-0.1, -0.05) is 44.2 Å². The summed E-state index contributed by atoms with van der Waals surface area (Å²) >= 11 is 7.50. The van der Waals surface area contributed by atoms with E-state index >= 15 is 0 Å². The molecule has 6 heteroatoms. The molecule has 1 aromatic heterocycles. The first-order valence-electron chi connectivity index (χ1n) is 8.41. The molecule has 0 bridgehead atoms. The third-order valence-electron chi connectivity index (χ3n) is 3.68. The standard InChI is InChI=1S/C20H23ClN2O2S/c1-4-19(24)22-16-7-5-15(6-8-16)11-20(25)23(12-14(2)3)13-17-9-10-18(21)26-17/h4-10,14H,1,11-13H2,2-3H3,(H,22,24). The predicted octanol–water partition coefficient (Wildman–Crippen LogP) is 4.75. The summed E-state index contributed by atoms with van der Waals surface area (Å²) in [4.78, 5) is 27.0. The van der Waals surface area contributed by atoms with Crippen LogP contribution < -0.4 is 5.32 Å². The van der Waals surface area contributed by atoms with Crippen molar-refractivity contribution in [2.75, 3.05) is 11.9 Å². The van der Waals surface area contributed by atoms with Crippen molar-refractivity contribution in [3.8, 4) is 0 Å². The van der Waals surface area contributed by atoms with E-state index in [0.29, 0.717) is 31.1 Å². The molecule has 0 spiro atoms. The molecule has 2 amide bonds. The van der Waals surface area contributed by atoms with E-state index in [4.69, 9.17) is 11.6 Å². The molecule has 0 atom stereocenters. The molecule has 1 N–H and O–H groups in total. The lowest BCUT2D eigenvalue weighted by atomic mass is 10.1. The van der Waals surface area contributed by atoms with Crippen LogP contribution in [0.3, 0.4) is 0 Å². The third-order valence-corrected chi connectivity index (χ3v) is 4.89. The molecule has 0 saturated heterocycles. The van der Waals surface area contributed by atoms with E-state index in [-0.39, 0.29) is 11.8 Å². The molecule has 2 aromatic rings. The minimum atomic E-state index is -0.258. The monoisotopic (exact) mass is 390 g/mol. The number of benzene rings is 1. The molecular weight excluding hydrogens is 368 g/mol. The van der Waals surface area contributed by atoms with E-state index in [1.807, 2.05) is 29.2 Å². The molecule has 1 aromatic carbocycles. The van der Waals surface area contributed by atoms with Gasteiger partial charge in [0.15, 0.2) is 0 Å². The average molecular weight is 391 g/mol. The van der Waals surface area contributed by atoms with E-state index in [1.54, 1.807) is 12.1 Å². The normalized spacial score (nSPS) is 10.6. The molecular formula is C20H23ClN2O2S. The third kappa shape index (κ3) is 6.32. The predicted molar refractivity (Wildman–Crippen MR) is 109 cm³/mol. The Balaban J connectivity index is 2.03. The Labute approximate surface area is 163 Å². The van der Waals surface area contributed by atoms with Gasteiger partial charge in [0.05, 0.1) is 17.3 Å². The molecule has 26 heavy (non-hydrogen) atoms. The lowest BCUT2D eigenvalue weighted by molar-refractivity contribution is -0.131. The van der Waals surface area contributed by atoms with Crippen molar-refractivity contribution in [1.82, 2.24) is 4.90 Å². The van der Waals surface area contributed by atoms with E-state index in [9.17, 15) is 9.59 Å². The van der Waals surface area contributed by atoms with Gasteiger partial charge in [-0.05, 0) is 41.8 Å². The molecule has 2 rings (SSSR count). The molecule has 0 unspecified atom stereocenters. The van der Waals surface area contributed by atoms with Crippen LogP contribution in [0.4, 0.5) is 5.69 Å². The Morgan fingerprint density at radius 2 is 1.92 bits per heavy atom. The van der Waals surface area contributed by atoms with Crippen LogP contribution in [-0.4, -0.2) is 23.3 Å². The SMILES string of the molecule is C=CC(=O)Nc1ccc(CC(=O)N(Cc2ccc(Cl)s2)CC(C)C)cc1. The molecule has 1 heterocycles. The topological polar surface area (TPSA) is 49.4 Å². The van der Waals surface area contributed by atoms with Gasteiger partial charge < -0.3 is 10.2 Å². The summed E-state index contributed by atoms with van der Waals surface area (Å²) < 4.78 is 0.731. The lowest BCUT2D eigenvalue weighted by Crippen LogP contribution is -2.34. The minimum Gasteiger partial charge on any atom is -0.337 e. The smallest absolute Gasteiger partial charge is 0.247 e. The second-order valence-corrected chi connectivity index (χ2v) is 8.24. The van der Waals surface area contributed by atoms with Crippen molar-refractivity contribution in [3.63, 3.8) is 0 Å². The van der Waals surface area contributed by atoms with Crippen LogP contribution in [0.1, 0.15) is 24.3 Å². The summed E-state index contributed by atoms with van der Waals surface area (Å²) in [5.41, 5.74) is 1.59. The molecule has 4 nitrogen and oxygen atoms in total. The van der Waals surface area contributed by atoms with Crippen LogP contribution in [0.2, 0.25) is 4.34 Å². The second kappa shape index (κ2) is 9.55. The van der Waals surface area contributed by atoms with Gasteiger partial charge in [0.1, 0.15) is 0 Å². The second-order valence-electron chi connectivity index (χ2n) is 6.44. The van der Waals surface area contributed by atoms with Gasteiger partial charge in [0.2, 0.25) is 11.8 Å². The van der Waals surface area contributed by atoms with Gasteiger partial charge in [-0.2, -0.15) is 0 Å². The fraction of sp³-hybridized carbons (Fsp3) is 0.300. The quantitative estimate of drug-likeness (QED) is 0.661. The Morgan fingerprint density at radius 3 is 2.46 bits per heavy atom. The number of nitrogens with zero attached hydrogens (tertiary/aromatic N) is 1. The van der Waals surface area contributed by atoms with Gasteiger partial charge in [-0.15, -0.1) is 11.3 Å². The van der Waals surface area contributed by atoms with Crippen LogP contribution in [0.15, 0.2) is 49.1 Å². The molecule has 0 aliphatic heterocycles. The van der Waals surface area contributed by atoms with Gasteiger partial charge >= 0.3 is 0 Å². The van der Waals surface area contributed by atoms with Gasteiger partial charge in [-0.25, -0.2) is 0 Å². The highest BCUT2D eigenvalue weighted by Crippen LogP contribution is 2.23. The lowest BCUT2D eigenvalue weighted by Gasteiger charge is -2.24. The van der Waals surface area contributed by atoms with Crippen molar-refractivity contribution < 1.29 is 9.59 Å². The number of halogens is 1. The number of anilines is 1. The Kier molecular flexibility index (Phi) is 7.42. The highest BCUT2D eigenvalue weighted by Gasteiger charge is 2.17. The van der Waals surface area contributed by atoms with Crippen LogP contribution in [0.25, 0.3) is 0 Å². The number of thiophene rings is 1. The zero-order chi connectivity index (χ0) is 19.1. The fourth-order valence-electron chi connectivity index (χ4n) is 2.51. The summed E-state index contributed by atoms with van der Waals surface area (Å²) in [5.74, 6) is 0.198. The fourth-order valence-corrected chi connectivity index (χ4v) is 3.61. The average Bonchev–Trinajstić information content (AvgIpc) is 3.00.